The van der Waals surface area contributed by atoms with Gasteiger partial charge in [0.2, 0.25) is 0 Å². The van der Waals surface area contributed by atoms with E-state index in [1.807, 2.05) is 19.2 Å². The van der Waals surface area contributed by atoms with Crippen molar-refractivity contribution >= 4 is 6.09 Å². The van der Waals surface area contributed by atoms with Crippen LogP contribution in [0.15, 0.2) is 18.3 Å². The summed E-state index contributed by atoms with van der Waals surface area (Å²) >= 11 is 0. The number of hydrogen-bond donors (Lipinski definition) is 0. The number of hydrogen-bond acceptors (Lipinski definition) is 6. The minimum Gasteiger partial charge on any atom is -0.489 e. The second-order valence-electron chi connectivity index (χ2n) is 8.72. The molecule has 2 aliphatic carbocycles. The van der Waals surface area contributed by atoms with Crippen LogP contribution >= 0.6 is 0 Å². The molecule has 8 heteroatoms. The second kappa shape index (κ2) is 10.1. The molecule has 0 N–H and O–H groups in total. The third kappa shape index (κ3) is 5.35. The summed E-state index contributed by atoms with van der Waals surface area (Å²) in [5, 5.41) is 8.36. The lowest BCUT2D eigenvalue weighted by Crippen LogP contribution is -2.38. The van der Waals surface area contributed by atoms with Crippen LogP contribution in [0, 0.1) is 0 Å². The Balaban J connectivity index is 1.38. The van der Waals surface area contributed by atoms with Crippen molar-refractivity contribution in [2.45, 2.75) is 83.0 Å². The van der Waals surface area contributed by atoms with Crippen LogP contribution in [-0.4, -0.2) is 50.2 Å². The zero-order valence-corrected chi connectivity index (χ0v) is 18.6. The highest BCUT2D eigenvalue weighted by Crippen LogP contribution is 2.26. The lowest BCUT2D eigenvalue weighted by Gasteiger charge is -2.30. The molecule has 0 atom stereocenters. The molecule has 0 saturated heterocycles. The van der Waals surface area contributed by atoms with E-state index in [1.165, 1.54) is 38.5 Å². The summed E-state index contributed by atoms with van der Waals surface area (Å²) < 4.78 is 13.3. The number of ether oxygens (including phenoxy) is 2. The number of carbonyl (C=O) groups is 1. The van der Waals surface area contributed by atoms with Gasteiger partial charge in [-0.1, -0.05) is 30.9 Å². The van der Waals surface area contributed by atoms with Gasteiger partial charge < -0.3 is 14.4 Å². The molecule has 0 radical (unpaired) electrons. The second-order valence-corrected chi connectivity index (χ2v) is 8.72. The third-order valence-corrected chi connectivity index (χ3v) is 6.52. The number of amides is 1. The highest BCUT2D eigenvalue weighted by molar-refractivity contribution is 5.68. The first kappa shape index (κ1) is 21.6. The molecule has 0 bridgehead atoms. The number of aryl methyl sites for hydroxylation is 1. The van der Waals surface area contributed by atoms with Gasteiger partial charge >= 0.3 is 6.09 Å². The number of nitrogens with zero attached hydrogens (tertiary/aromatic N) is 5. The van der Waals surface area contributed by atoms with Crippen molar-refractivity contribution in [3.8, 4) is 17.1 Å². The summed E-state index contributed by atoms with van der Waals surface area (Å²) in [6, 6.07) is 4.09. The van der Waals surface area contributed by atoms with E-state index >= 15 is 0 Å². The van der Waals surface area contributed by atoms with Gasteiger partial charge in [-0.05, 0) is 50.7 Å². The van der Waals surface area contributed by atoms with Crippen molar-refractivity contribution in [1.29, 1.82) is 0 Å². The molecule has 2 aromatic heterocycles. The normalized spacial score (nSPS) is 18.0. The molecule has 4 rings (SSSR count). The first-order valence-electron chi connectivity index (χ1n) is 11.5. The summed E-state index contributed by atoms with van der Waals surface area (Å²) in [5.74, 6) is 0.779. The Morgan fingerprint density at radius 3 is 2.48 bits per heavy atom. The number of carbonyl (C=O) groups excluding carboxylic acids is 1. The summed E-state index contributed by atoms with van der Waals surface area (Å²) in [5.41, 5.74) is 2.04. The van der Waals surface area contributed by atoms with E-state index in [0.29, 0.717) is 11.4 Å². The minimum atomic E-state index is -0.303. The molecule has 1 amide bonds. The monoisotopic (exact) mass is 427 g/mol. The topological polar surface area (TPSA) is 82.4 Å². The standard InChI is InChI=1S/C23H33N5O3/c1-27(17-9-5-3-6-10-17)23(29)30-16-21-22(25-26-28(21)2)20-14-13-19(15-24-20)31-18-11-7-4-8-12-18/h13-15,17-18H,3-12,16H2,1-2H3. The van der Waals surface area contributed by atoms with Crippen molar-refractivity contribution < 1.29 is 14.3 Å². The van der Waals surface area contributed by atoms with Crippen LogP contribution in [0.4, 0.5) is 4.79 Å². The Morgan fingerprint density at radius 1 is 1.10 bits per heavy atom. The Bertz CT molecular complexity index is 855. The molecule has 2 fully saturated rings. The van der Waals surface area contributed by atoms with Crippen LogP contribution in [0.2, 0.25) is 0 Å². The Kier molecular flexibility index (Phi) is 7.04. The summed E-state index contributed by atoms with van der Waals surface area (Å²) in [7, 11) is 3.62. The van der Waals surface area contributed by atoms with Crippen LogP contribution < -0.4 is 4.74 Å². The maximum Gasteiger partial charge on any atom is 0.410 e. The average Bonchev–Trinajstić information content (AvgIpc) is 3.19. The summed E-state index contributed by atoms with van der Waals surface area (Å²) in [4.78, 5) is 18.8. The lowest BCUT2D eigenvalue weighted by molar-refractivity contribution is 0.0818. The predicted molar refractivity (Wildman–Crippen MR) is 117 cm³/mol. The largest absolute Gasteiger partial charge is 0.489 e. The third-order valence-electron chi connectivity index (χ3n) is 6.52. The molecular weight excluding hydrogens is 394 g/mol. The molecule has 31 heavy (non-hydrogen) atoms. The van der Waals surface area contributed by atoms with Crippen LogP contribution in [0.3, 0.4) is 0 Å². The molecule has 168 valence electrons. The van der Waals surface area contributed by atoms with Gasteiger partial charge in [0.1, 0.15) is 23.7 Å². The van der Waals surface area contributed by atoms with Gasteiger partial charge in [-0.25, -0.2) is 9.48 Å². The van der Waals surface area contributed by atoms with Gasteiger partial charge in [0.05, 0.1) is 18.0 Å². The van der Waals surface area contributed by atoms with Crippen molar-refractivity contribution in [2.24, 2.45) is 7.05 Å². The van der Waals surface area contributed by atoms with Gasteiger partial charge in [-0.3, -0.25) is 4.98 Å². The fraction of sp³-hybridized carbons (Fsp3) is 0.652. The molecule has 2 aromatic rings. The van der Waals surface area contributed by atoms with E-state index in [2.05, 4.69) is 15.3 Å². The predicted octanol–water partition coefficient (Wildman–Crippen LogP) is 4.49. The first-order chi connectivity index (χ1) is 15.1. The smallest absolute Gasteiger partial charge is 0.410 e. The highest BCUT2D eigenvalue weighted by Gasteiger charge is 2.24. The molecule has 0 spiro atoms. The van der Waals surface area contributed by atoms with Gasteiger partial charge in [0.15, 0.2) is 0 Å². The zero-order valence-electron chi connectivity index (χ0n) is 18.6. The molecule has 8 nitrogen and oxygen atoms in total. The fourth-order valence-corrected chi connectivity index (χ4v) is 4.55. The van der Waals surface area contributed by atoms with Crippen molar-refractivity contribution in [1.82, 2.24) is 24.9 Å². The van der Waals surface area contributed by atoms with Gasteiger partial charge in [0, 0.05) is 20.1 Å². The molecule has 2 aliphatic rings. The van der Waals surface area contributed by atoms with Gasteiger partial charge in [0.25, 0.3) is 0 Å². The van der Waals surface area contributed by atoms with Crippen LogP contribution in [-0.2, 0) is 18.4 Å². The number of rotatable bonds is 6. The van der Waals surface area contributed by atoms with E-state index < -0.39 is 0 Å². The zero-order chi connectivity index (χ0) is 21.6. The van der Waals surface area contributed by atoms with Crippen molar-refractivity contribution in [2.75, 3.05) is 7.05 Å². The molecule has 2 heterocycles. The van der Waals surface area contributed by atoms with Crippen molar-refractivity contribution in [3.05, 3.63) is 24.0 Å². The maximum absolute atomic E-state index is 12.6. The van der Waals surface area contributed by atoms with E-state index in [9.17, 15) is 4.79 Å². The number of aromatic nitrogens is 4. The average molecular weight is 428 g/mol. The van der Waals surface area contributed by atoms with Crippen LogP contribution in [0.5, 0.6) is 5.75 Å². The van der Waals surface area contributed by atoms with E-state index in [1.54, 1.807) is 22.8 Å². The minimum absolute atomic E-state index is 0.108. The number of pyridine rings is 1. The maximum atomic E-state index is 12.6. The van der Waals surface area contributed by atoms with Gasteiger partial charge in [-0.15, -0.1) is 5.10 Å². The van der Waals surface area contributed by atoms with E-state index in [-0.39, 0.29) is 24.8 Å². The molecule has 0 aliphatic heterocycles. The van der Waals surface area contributed by atoms with E-state index in [0.717, 1.165) is 37.1 Å². The van der Waals surface area contributed by atoms with E-state index in [4.69, 9.17) is 9.47 Å². The summed E-state index contributed by atoms with van der Waals surface area (Å²) in [6.45, 7) is 0.108. The molecule has 0 unspecified atom stereocenters. The SMILES string of the molecule is CN(C(=O)OCc1c(-c2ccc(OC3CCCCC3)cn2)nnn1C)C1CCCCC1. The Morgan fingerprint density at radius 2 is 1.81 bits per heavy atom. The Labute approximate surface area is 183 Å². The molecular formula is C23H33N5O3. The fourth-order valence-electron chi connectivity index (χ4n) is 4.55. The van der Waals surface area contributed by atoms with Gasteiger partial charge in [-0.2, -0.15) is 0 Å². The summed E-state index contributed by atoms with van der Waals surface area (Å²) in [6.07, 6.45) is 13.4. The highest BCUT2D eigenvalue weighted by atomic mass is 16.6. The van der Waals surface area contributed by atoms with Crippen LogP contribution in [0.25, 0.3) is 11.4 Å². The first-order valence-corrected chi connectivity index (χ1v) is 11.5. The lowest BCUT2D eigenvalue weighted by atomic mass is 9.95. The quantitative estimate of drug-likeness (QED) is 0.675. The Hall–Kier alpha value is -2.64. The molecule has 2 saturated carbocycles. The van der Waals surface area contributed by atoms with Crippen molar-refractivity contribution in [3.63, 3.8) is 0 Å². The molecule has 0 aromatic carbocycles. The van der Waals surface area contributed by atoms with Crippen LogP contribution in [0.1, 0.15) is 69.9 Å².